The first-order chi connectivity index (χ1) is 8.97. The van der Waals surface area contributed by atoms with Gasteiger partial charge in [0.05, 0.1) is 4.92 Å². The van der Waals surface area contributed by atoms with E-state index in [1.165, 1.54) is 0 Å². The lowest BCUT2D eigenvalue weighted by atomic mass is 10.1. The number of nitrogens with zero attached hydrogens (tertiary/aromatic N) is 3. The normalized spacial score (nSPS) is 10.3. The van der Waals surface area contributed by atoms with Crippen LogP contribution in [0, 0.1) is 24.0 Å². The van der Waals surface area contributed by atoms with Crippen LogP contribution in [0.2, 0.25) is 5.02 Å². The summed E-state index contributed by atoms with van der Waals surface area (Å²) < 4.78 is 5.43. The van der Waals surface area contributed by atoms with E-state index in [9.17, 15) is 10.1 Å². The van der Waals surface area contributed by atoms with Crippen LogP contribution in [0.4, 0.5) is 5.69 Å². The van der Waals surface area contributed by atoms with Crippen molar-refractivity contribution in [2.24, 2.45) is 0 Å². The van der Waals surface area contributed by atoms with Crippen molar-refractivity contribution in [3.63, 3.8) is 0 Å². The molecule has 2 rings (SSSR count). The summed E-state index contributed by atoms with van der Waals surface area (Å²) in [7, 11) is 0. The van der Waals surface area contributed by atoms with Crippen molar-refractivity contribution in [3.8, 4) is 11.8 Å². The van der Waals surface area contributed by atoms with Crippen LogP contribution in [0.3, 0.4) is 0 Å². The van der Waals surface area contributed by atoms with Crippen LogP contribution in [0.15, 0.2) is 24.5 Å². The molecule has 98 valence electrons. The summed E-state index contributed by atoms with van der Waals surface area (Å²) in [5.41, 5.74) is 1.56. The van der Waals surface area contributed by atoms with E-state index in [1.807, 2.05) is 13.8 Å². The molecule has 0 saturated carbocycles. The molecule has 0 aliphatic heterocycles. The van der Waals surface area contributed by atoms with E-state index in [-0.39, 0.29) is 11.7 Å². The van der Waals surface area contributed by atoms with Crippen LogP contribution in [-0.4, -0.2) is 14.9 Å². The summed E-state index contributed by atoms with van der Waals surface area (Å²) in [6.45, 7) is 3.72. The molecule has 0 N–H and O–H groups in total. The minimum atomic E-state index is -0.569. The maximum absolute atomic E-state index is 10.5. The van der Waals surface area contributed by atoms with E-state index in [1.54, 1.807) is 12.1 Å². The molecule has 0 amide bonds. The predicted octanol–water partition coefficient (Wildman–Crippen LogP) is 3.45. The van der Waals surface area contributed by atoms with Crippen molar-refractivity contribution in [1.82, 2.24) is 9.97 Å². The highest BCUT2D eigenvalue weighted by Crippen LogP contribution is 2.28. The summed E-state index contributed by atoms with van der Waals surface area (Å²) in [5, 5.41) is 11.1. The SMILES string of the molecule is Cc1cc(Oc2ncc([N+](=O)[O-])cn2)cc(C)c1Cl. The molecule has 0 bridgehead atoms. The second kappa shape index (κ2) is 5.19. The Hall–Kier alpha value is -2.21. The third-order valence-corrected chi connectivity index (χ3v) is 3.04. The van der Waals surface area contributed by atoms with Crippen molar-refractivity contribution in [1.29, 1.82) is 0 Å². The van der Waals surface area contributed by atoms with Crippen molar-refractivity contribution in [2.45, 2.75) is 13.8 Å². The van der Waals surface area contributed by atoms with Crippen LogP contribution >= 0.6 is 11.6 Å². The molecular weight excluding hydrogens is 270 g/mol. The maximum Gasteiger partial charge on any atom is 0.322 e. The van der Waals surface area contributed by atoms with E-state index >= 15 is 0 Å². The number of aryl methyl sites for hydroxylation is 2. The molecule has 0 atom stereocenters. The van der Waals surface area contributed by atoms with Crippen LogP contribution in [0.5, 0.6) is 11.8 Å². The molecule has 0 saturated heterocycles. The quantitative estimate of drug-likeness (QED) is 0.635. The molecule has 0 radical (unpaired) electrons. The van der Waals surface area contributed by atoms with Crippen molar-refractivity contribution in [3.05, 3.63) is 50.8 Å². The molecule has 0 fully saturated rings. The molecule has 1 aromatic heterocycles. The van der Waals surface area contributed by atoms with Gasteiger partial charge in [-0.05, 0) is 37.1 Å². The number of benzene rings is 1. The molecule has 0 aliphatic carbocycles. The van der Waals surface area contributed by atoms with E-state index in [0.29, 0.717) is 10.8 Å². The Labute approximate surface area is 114 Å². The zero-order chi connectivity index (χ0) is 14.0. The first-order valence-electron chi connectivity index (χ1n) is 5.38. The number of hydrogen-bond donors (Lipinski definition) is 0. The second-order valence-electron chi connectivity index (χ2n) is 3.95. The van der Waals surface area contributed by atoms with E-state index < -0.39 is 4.92 Å². The fraction of sp³-hybridized carbons (Fsp3) is 0.167. The van der Waals surface area contributed by atoms with Gasteiger partial charge in [-0.1, -0.05) is 11.6 Å². The Morgan fingerprint density at radius 1 is 1.21 bits per heavy atom. The van der Waals surface area contributed by atoms with Gasteiger partial charge in [-0.15, -0.1) is 0 Å². The van der Waals surface area contributed by atoms with Gasteiger partial charge in [-0.3, -0.25) is 10.1 Å². The van der Waals surface area contributed by atoms with Gasteiger partial charge in [0.2, 0.25) is 0 Å². The minimum Gasteiger partial charge on any atom is -0.424 e. The Balaban J connectivity index is 2.24. The molecular formula is C12H10ClN3O3. The van der Waals surface area contributed by atoms with Crippen LogP contribution in [0.25, 0.3) is 0 Å². The predicted molar refractivity (Wildman–Crippen MR) is 69.7 cm³/mol. The van der Waals surface area contributed by atoms with Gasteiger partial charge in [-0.25, -0.2) is 0 Å². The highest BCUT2D eigenvalue weighted by Gasteiger charge is 2.09. The molecule has 0 spiro atoms. The summed E-state index contributed by atoms with van der Waals surface area (Å²) in [5.74, 6) is 0.535. The molecule has 1 heterocycles. The summed E-state index contributed by atoms with van der Waals surface area (Å²) >= 11 is 6.05. The fourth-order valence-corrected chi connectivity index (χ4v) is 1.64. The Morgan fingerprint density at radius 2 is 1.74 bits per heavy atom. The number of halogens is 1. The minimum absolute atomic E-state index is 0.0479. The van der Waals surface area contributed by atoms with E-state index in [0.717, 1.165) is 23.5 Å². The molecule has 6 nitrogen and oxygen atoms in total. The lowest BCUT2D eigenvalue weighted by Gasteiger charge is -2.07. The van der Waals surface area contributed by atoms with Crippen LogP contribution < -0.4 is 4.74 Å². The molecule has 0 unspecified atom stereocenters. The van der Waals surface area contributed by atoms with E-state index in [4.69, 9.17) is 16.3 Å². The Kier molecular flexibility index (Phi) is 3.62. The summed E-state index contributed by atoms with van der Waals surface area (Å²) in [6, 6.07) is 3.55. The smallest absolute Gasteiger partial charge is 0.322 e. The molecule has 2 aromatic rings. The maximum atomic E-state index is 10.5. The third kappa shape index (κ3) is 2.97. The Bertz CT molecular complexity index is 606. The largest absolute Gasteiger partial charge is 0.424 e. The van der Waals surface area contributed by atoms with Gasteiger partial charge in [0.1, 0.15) is 18.1 Å². The number of nitro groups is 1. The molecule has 7 heteroatoms. The summed E-state index contributed by atoms with van der Waals surface area (Å²) in [4.78, 5) is 17.4. The first-order valence-corrected chi connectivity index (χ1v) is 5.76. The highest BCUT2D eigenvalue weighted by molar-refractivity contribution is 6.32. The highest BCUT2D eigenvalue weighted by atomic mass is 35.5. The average molecular weight is 280 g/mol. The monoisotopic (exact) mass is 279 g/mol. The van der Waals surface area contributed by atoms with Crippen molar-refractivity contribution >= 4 is 17.3 Å². The van der Waals surface area contributed by atoms with Gasteiger partial charge >= 0.3 is 11.7 Å². The number of hydrogen-bond acceptors (Lipinski definition) is 5. The standard InChI is InChI=1S/C12H10ClN3O3/c1-7-3-10(4-8(2)11(7)13)19-12-14-5-9(6-15-12)16(17)18/h3-6H,1-2H3. The van der Waals surface area contributed by atoms with E-state index in [2.05, 4.69) is 9.97 Å². The zero-order valence-corrected chi connectivity index (χ0v) is 11.0. The lowest BCUT2D eigenvalue weighted by molar-refractivity contribution is -0.385. The van der Waals surface area contributed by atoms with Gasteiger partial charge in [0, 0.05) is 5.02 Å². The fourth-order valence-electron chi connectivity index (χ4n) is 1.53. The zero-order valence-electron chi connectivity index (χ0n) is 10.3. The first kappa shape index (κ1) is 13.2. The molecule has 1 aromatic carbocycles. The van der Waals surface area contributed by atoms with Gasteiger partial charge in [0.15, 0.2) is 0 Å². The lowest BCUT2D eigenvalue weighted by Crippen LogP contribution is -1.95. The van der Waals surface area contributed by atoms with Gasteiger partial charge in [0.25, 0.3) is 0 Å². The molecule has 0 aliphatic rings. The molecule has 19 heavy (non-hydrogen) atoms. The average Bonchev–Trinajstić information content (AvgIpc) is 2.36. The third-order valence-electron chi connectivity index (χ3n) is 2.44. The van der Waals surface area contributed by atoms with Crippen molar-refractivity contribution < 1.29 is 9.66 Å². The number of ether oxygens (including phenoxy) is 1. The van der Waals surface area contributed by atoms with Crippen molar-refractivity contribution in [2.75, 3.05) is 0 Å². The van der Waals surface area contributed by atoms with Gasteiger partial charge in [-0.2, -0.15) is 9.97 Å². The Morgan fingerprint density at radius 3 is 2.21 bits per heavy atom. The second-order valence-corrected chi connectivity index (χ2v) is 4.33. The van der Waals surface area contributed by atoms with Gasteiger partial charge < -0.3 is 4.74 Å². The summed E-state index contributed by atoms with van der Waals surface area (Å²) in [6.07, 6.45) is 2.19. The topological polar surface area (TPSA) is 78.2 Å². The van der Waals surface area contributed by atoms with Crippen LogP contribution in [-0.2, 0) is 0 Å². The number of aromatic nitrogens is 2. The number of rotatable bonds is 3. The van der Waals surface area contributed by atoms with Crippen LogP contribution in [0.1, 0.15) is 11.1 Å².